The number of halogens is 2. The van der Waals surface area contributed by atoms with E-state index in [1.807, 2.05) is 10.6 Å². The predicted octanol–water partition coefficient (Wildman–Crippen LogP) is 3.92. The number of carbonyl (C=O) groups is 1. The Labute approximate surface area is 164 Å². The molecule has 1 atom stereocenters. The van der Waals surface area contributed by atoms with Crippen LogP contribution < -0.4 is 5.32 Å². The van der Waals surface area contributed by atoms with Crippen molar-refractivity contribution >= 4 is 23.4 Å². The van der Waals surface area contributed by atoms with Gasteiger partial charge in [0.15, 0.2) is 11.0 Å². The van der Waals surface area contributed by atoms with Crippen LogP contribution in [0.1, 0.15) is 6.92 Å². The molecule has 0 bridgehead atoms. The van der Waals surface area contributed by atoms with Crippen molar-refractivity contribution in [3.63, 3.8) is 0 Å². The fourth-order valence-electron chi connectivity index (χ4n) is 2.41. The highest BCUT2D eigenvalue weighted by molar-refractivity contribution is 8.00. The van der Waals surface area contributed by atoms with E-state index in [2.05, 4.69) is 27.1 Å². The van der Waals surface area contributed by atoms with E-state index in [1.165, 1.54) is 17.8 Å². The number of pyridine rings is 1. The SMILES string of the molecule is C=CCn1c(S[C@@H](C)C(=O)Nc2ccc(F)cc2F)nnc1-c1cccnc1. The molecular weight excluding hydrogens is 384 g/mol. The van der Waals surface area contributed by atoms with Crippen LogP contribution in [0.5, 0.6) is 0 Å². The molecular formula is C19H17F2N5OS. The van der Waals surface area contributed by atoms with E-state index in [4.69, 9.17) is 0 Å². The van der Waals surface area contributed by atoms with Gasteiger partial charge in [0.25, 0.3) is 0 Å². The number of allylic oxidation sites excluding steroid dienone is 1. The molecule has 1 aromatic carbocycles. The second kappa shape index (κ2) is 8.75. The highest BCUT2D eigenvalue weighted by atomic mass is 32.2. The van der Waals surface area contributed by atoms with Crippen molar-refractivity contribution in [3.05, 3.63) is 67.0 Å². The summed E-state index contributed by atoms with van der Waals surface area (Å²) in [5.74, 6) is -1.38. The third-order valence-corrected chi connectivity index (χ3v) is 4.87. The molecule has 0 aliphatic carbocycles. The third kappa shape index (κ3) is 4.42. The number of anilines is 1. The van der Waals surface area contributed by atoms with Gasteiger partial charge >= 0.3 is 0 Å². The molecule has 144 valence electrons. The largest absolute Gasteiger partial charge is 0.323 e. The van der Waals surface area contributed by atoms with Gasteiger partial charge in [0.2, 0.25) is 5.91 Å². The van der Waals surface area contributed by atoms with Gasteiger partial charge < -0.3 is 5.32 Å². The summed E-state index contributed by atoms with van der Waals surface area (Å²) in [6, 6.07) is 6.63. The maximum Gasteiger partial charge on any atom is 0.237 e. The molecule has 28 heavy (non-hydrogen) atoms. The molecule has 0 aliphatic rings. The number of aromatic nitrogens is 4. The maximum absolute atomic E-state index is 13.8. The number of hydrogen-bond acceptors (Lipinski definition) is 5. The molecule has 0 aliphatic heterocycles. The number of hydrogen-bond donors (Lipinski definition) is 1. The monoisotopic (exact) mass is 401 g/mol. The van der Waals surface area contributed by atoms with Crippen LogP contribution >= 0.6 is 11.8 Å². The van der Waals surface area contributed by atoms with E-state index in [1.54, 1.807) is 31.5 Å². The Morgan fingerprint density at radius 2 is 2.18 bits per heavy atom. The van der Waals surface area contributed by atoms with Crippen molar-refractivity contribution in [2.24, 2.45) is 0 Å². The Balaban J connectivity index is 1.78. The highest BCUT2D eigenvalue weighted by Gasteiger charge is 2.21. The summed E-state index contributed by atoms with van der Waals surface area (Å²) in [6.07, 6.45) is 5.03. The highest BCUT2D eigenvalue weighted by Crippen LogP contribution is 2.27. The van der Waals surface area contributed by atoms with Crippen molar-refractivity contribution in [1.29, 1.82) is 0 Å². The van der Waals surface area contributed by atoms with E-state index in [0.29, 0.717) is 23.6 Å². The van der Waals surface area contributed by atoms with Crippen LogP contribution in [0, 0.1) is 11.6 Å². The summed E-state index contributed by atoms with van der Waals surface area (Å²) < 4.78 is 28.6. The number of nitrogens with one attached hydrogen (secondary N) is 1. The standard InChI is InChI=1S/C19H17F2N5OS/c1-3-9-26-17(13-5-4-8-22-11-13)24-25-19(26)28-12(2)18(27)23-16-7-6-14(20)10-15(16)21/h3-8,10-12H,1,9H2,2H3,(H,23,27)/t12-/m0/s1. The normalized spacial score (nSPS) is 11.8. The first-order valence-electron chi connectivity index (χ1n) is 8.36. The number of carbonyl (C=O) groups excluding carboxylic acids is 1. The molecule has 0 spiro atoms. The van der Waals surface area contributed by atoms with Crippen LogP contribution in [0.3, 0.4) is 0 Å². The lowest BCUT2D eigenvalue weighted by Gasteiger charge is -2.13. The molecule has 0 radical (unpaired) electrons. The minimum Gasteiger partial charge on any atom is -0.323 e. The molecule has 1 N–H and O–H groups in total. The van der Waals surface area contributed by atoms with Crippen molar-refractivity contribution in [2.75, 3.05) is 5.32 Å². The molecule has 2 aromatic heterocycles. The molecule has 2 heterocycles. The van der Waals surface area contributed by atoms with E-state index < -0.39 is 22.8 Å². The lowest BCUT2D eigenvalue weighted by atomic mass is 10.3. The fraction of sp³-hybridized carbons (Fsp3) is 0.158. The molecule has 3 rings (SSSR count). The molecule has 1 amide bonds. The number of rotatable bonds is 7. The zero-order valence-corrected chi connectivity index (χ0v) is 15.8. The second-order valence-electron chi connectivity index (χ2n) is 5.82. The quantitative estimate of drug-likeness (QED) is 0.480. The lowest BCUT2D eigenvalue weighted by molar-refractivity contribution is -0.115. The molecule has 0 saturated carbocycles. The summed E-state index contributed by atoms with van der Waals surface area (Å²) in [5.41, 5.74) is 0.705. The maximum atomic E-state index is 13.8. The lowest BCUT2D eigenvalue weighted by Crippen LogP contribution is -2.23. The van der Waals surface area contributed by atoms with Gasteiger partial charge in [-0.25, -0.2) is 8.78 Å². The fourth-order valence-corrected chi connectivity index (χ4v) is 3.27. The van der Waals surface area contributed by atoms with Crippen LogP contribution in [0.25, 0.3) is 11.4 Å². The first-order chi connectivity index (χ1) is 13.5. The number of nitrogens with zero attached hydrogens (tertiary/aromatic N) is 4. The summed E-state index contributed by atoms with van der Waals surface area (Å²) in [7, 11) is 0. The first kappa shape index (κ1) is 19.7. The smallest absolute Gasteiger partial charge is 0.237 e. The first-order valence-corrected chi connectivity index (χ1v) is 9.24. The average Bonchev–Trinajstić information content (AvgIpc) is 3.07. The van der Waals surface area contributed by atoms with E-state index in [0.717, 1.165) is 11.6 Å². The Hall–Kier alpha value is -3.07. The Kier molecular flexibility index (Phi) is 6.15. The predicted molar refractivity (Wildman–Crippen MR) is 104 cm³/mol. The molecule has 0 unspecified atom stereocenters. The zero-order valence-electron chi connectivity index (χ0n) is 15.0. The van der Waals surface area contributed by atoms with Crippen molar-refractivity contribution < 1.29 is 13.6 Å². The van der Waals surface area contributed by atoms with E-state index >= 15 is 0 Å². The van der Waals surface area contributed by atoms with Crippen molar-refractivity contribution in [1.82, 2.24) is 19.7 Å². The Morgan fingerprint density at radius 1 is 1.36 bits per heavy atom. The summed E-state index contributed by atoms with van der Waals surface area (Å²) >= 11 is 1.17. The average molecular weight is 401 g/mol. The van der Waals surface area contributed by atoms with Gasteiger partial charge in [0.1, 0.15) is 11.6 Å². The minimum absolute atomic E-state index is 0.0811. The zero-order chi connectivity index (χ0) is 20.1. The summed E-state index contributed by atoms with van der Waals surface area (Å²) in [6.45, 7) is 5.86. The van der Waals surface area contributed by atoms with Crippen molar-refractivity contribution in [2.45, 2.75) is 23.9 Å². The second-order valence-corrected chi connectivity index (χ2v) is 7.13. The van der Waals surface area contributed by atoms with Crippen LogP contribution in [0.4, 0.5) is 14.5 Å². The van der Waals surface area contributed by atoms with Gasteiger partial charge in [0, 0.05) is 30.6 Å². The topological polar surface area (TPSA) is 72.7 Å². The molecule has 0 saturated heterocycles. The molecule has 6 nitrogen and oxygen atoms in total. The van der Waals surface area contributed by atoms with Gasteiger partial charge in [-0.15, -0.1) is 16.8 Å². The van der Waals surface area contributed by atoms with Crippen LogP contribution in [0.15, 0.2) is 60.5 Å². The third-order valence-electron chi connectivity index (χ3n) is 3.79. The van der Waals surface area contributed by atoms with Crippen molar-refractivity contribution in [3.8, 4) is 11.4 Å². The number of benzene rings is 1. The van der Waals surface area contributed by atoms with Gasteiger partial charge in [-0.1, -0.05) is 17.8 Å². The molecule has 9 heteroatoms. The molecule has 0 fully saturated rings. The van der Waals surface area contributed by atoms with Crippen LogP contribution in [-0.4, -0.2) is 30.9 Å². The minimum atomic E-state index is -0.834. The molecule has 3 aromatic rings. The van der Waals surface area contributed by atoms with Crippen LogP contribution in [0.2, 0.25) is 0 Å². The van der Waals surface area contributed by atoms with Gasteiger partial charge in [0.05, 0.1) is 10.9 Å². The van der Waals surface area contributed by atoms with E-state index in [-0.39, 0.29) is 5.69 Å². The summed E-state index contributed by atoms with van der Waals surface area (Å²) in [4.78, 5) is 16.5. The Morgan fingerprint density at radius 3 is 2.86 bits per heavy atom. The summed E-state index contributed by atoms with van der Waals surface area (Å²) in [5, 5.41) is 10.7. The van der Waals surface area contributed by atoms with Gasteiger partial charge in [-0.05, 0) is 31.2 Å². The van der Waals surface area contributed by atoms with E-state index in [9.17, 15) is 13.6 Å². The van der Waals surface area contributed by atoms with Gasteiger partial charge in [-0.2, -0.15) is 0 Å². The number of thioether (sulfide) groups is 1. The number of amides is 1. The van der Waals surface area contributed by atoms with Crippen LogP contribution in [-0.2, 0) is 11.3 Å². The van der Waals surface area contributed by atoms with Gasteiger partial charge in [-0.3, -0.25) is 14.3 Å². The Bertz CT molecular complexity index is 993.